The Morgan fingerprint density at radius 1 is 1.03 bits per heavy atom. The van der Waals surface area contributed by atoms with Crippen molar-refractivity contribution in [1.29, 1.82) is 0 Å². The van der Waals surface area contributed by atoms with E-state index in [1.54, 1.807) is 56.0 Å². The maximum absolute atomic E-state index is 12.1. The molecule has 0 atom stereocenters. The molecule has 10 heteroatoms. The number of esters is 1. The molecule has 32 heavy (non-hydrogen) atoms. The third-order valence-corrected chi connectivity index (χ3v) is 4.94. The number of para-hydroxylation sites is 1. The molecule has 166 valence electrons. The SMILES string of the molecule is COc1ccc(-c2csc(NC(=O)COC(=O)COc3ccccc3C=O)n2)cc1OC. The molecule has 3 rings (SSSR count). The minimum absolute atomic E-state index is 0.259. The van der Waals surface area contributed by atoms with E-state index >= 15 is 0 Å². The first kappa shape index (κ1) is 22.8. The van der Waals surface area contributed by atoms with E-state index in [0.29, 0.717) is 34.2 Å². The highest BCUT2D eigenvalue weighted by molar-refractivity contribution is 7.14. The van der Waals surface area contributed by atoms with Crippen LogP contribution in [0.5, 0.6) is 17.2 Å². The topological polar surface area (TPSA) is 113 Å². The van der Waals surface area contributed by atoms with Gasteiger partial charge in [0.15, 0.2) is 36.1 Å². The Labute approximate surface area is 187 Å². The predicted molar refractivity (Wildman–Crippen MR) is 118 cm³/mol. The number of hydrogen-bond acceptors (Lipinski definition) is 9. The Hall–Kier alpha value is -3.92. The number of rotatable bonds is 10. The van der Waals surface area contributed by atoms with Gasteiger partial charge in [-0.2, -0.15) is 0 Å². The van der Waals surface area contributed by atoms with Crippen LogP contribution in [-0.4, -0.2) is 50.6 Å². The van der Waals surface area contributed by atoms with E-state index < -0.39 is 25.1 Å². The molecule has 0 unspecified atom stereocenters. The number of aromatic nitrogens is 1. The molecule has 0 spiro atoms. The lowest BCUT2D eigenvalue weighted by molar-refractivity contribution is -0.149. The number of anilines is 1. The minimum atomic E-state index is -0.744. The molecular weight excluding hydrogens is 436 g/mol. The summed E-state index contributed by atoms with van der Waals surface area (Å²) < 4.78 is 20.7. The van der Waals surface area contributed by atoms with Gasteiger partial charge in [-0.1, -0.05) is 12.1 Å². The lowest BCUT2D eigenvalue weighted by Gasteiger charge is -2.08. The number of aldehydes is 1. The van der Waals surface area contributed by atoms with Gasteiger partial charge in [-0.05, 0) is 30.3 Å². The second kappa shape index (κ2) is 10.9. The van der Waals surface area contributed by atoms with Gasteiger partial charge in [0.25, 0.3) is 5.91 Å². The summed E-state index contributed by atoms with van der Waals surface area (Å²) in [6.45, 7) is -0.929. The van der Waals surface area contributed by atoms with Crippen molar-refractivity contribution in [3.63, 3.8) is 0 Å². The molecule has 3 aromatic rings. The molecule has 0 saturated carbocycles. The molecule has 1 aromatic heterocycles. The molecular formula is C22H20N2O7S. The molecule has 0 aliphatic heterocycles. The van der Waals surface area contributed by atoms with Gasteiger partial charge in [0, 0.05) is 10.9 Å². The average Bonchev–Trinajstić information content (AvgIpc) is 3.29. The number of benzene rings is 2. The van der Waals surface area contributed by atoms with E-state index in [9.17, 15) is 14.4 Å². The van der Waals surface area contributed by atoms with Crippen LogP contribution >= 0.6 is 11.3 Å². The summed E-state index contributed by atoms with van der Waals surface area (Å²) in [5.74, 6) is 0.133. The maximum atomic E-state index is 12.1. The quantitative estimate of drug-likeness (QED) is 0.366. The second-order valence-electron chi connectivity index (χ2n) is 6.26. The number of methoxy groups -OCH3 is 2. The van der Waals surface area contributed by atoms with Crippen LogP contribution in [0.15, 0.2) is 47.8 Å². The van der Waals surface area contributed by atoms with Crippen LogP contribution in [0.25, 0.3) is 11.3 Å². The number of ether oxygens (including phenoxy) is 4. The largest absolute Gasteiger partial charge is 0.493 e. The fourth-order valence-electron chi connectivity index (χ4n) is 2.65. The summed E-state index contributed by atoms with van der Waals surface area (Å²) in [6.07, 6.45) is 0.623. The maximum Gasteiger partial charge on any atom is 0.344 e. The van der Waals surface area contributed by atoms with Crippen molar-refractivity contribution < 1.29 is 33.3 Å². The Morgan fingerprint density at radius 2 is 1.81 bits per heavy atom. The molecule has 0 aliphatic rings. The number of amides is 1. The number of hydrogen-bond donors (Lipinski definition) is 1. The predicted octanol–water partition coefficient (Wildman–Crippen LogP) is 3.20. The zero-order valence-corrected chi connectivity index (χ0v) is 18.1. The van der Waals surface area contributed by atoms with Crippen molar-refractivity contribution >= 4 is 34.6 Å². The first-order valence-electron chi connectivity index (χ1n) is 9.34. The number of nitrogens with zero attached hydrogens (tertiary/aromatic N) is 1. The van der Waals surface area contributed by atoms with E-state index in [-0.39, 0.29) is 5.75 Å². The Balaban J connectivity index is 1.50. The van der Waals surface area contributed by atoms with Gasteiger partial charge in [0.2, 0.25) is 0 Å². The zero-order valence-electron chi connectivity index (χ0n) is 17.3. The average molecular weight is 456 g/mol. The lowest BCUT2D eigenvalue weighted by Crippen LogP contribution is -2.23. The van der Waals surface area contributed by atoms with E-state index in [2.05, 4.69) is 10.3 Å². The van der Waals surface area contributed by atoms with Crippen LogP contribution in [0, 0.1) is 0 Å². The number of nitrogens with one attached hydrogen (secondary N) is 1. The highest BCUT2D eigenvalue weighted by atomic mass is 32.1. The van der Waals surface area contributed by atoms with Gasteiger partial charge in [-0.3, -0.25) is 14.9 Å². The van der Waals surface area contributed by atoms with Crippen LogP contribution in [0.3, 0.4) is 0 Å². The normalized spacial score (nSPS) is 10.2. The minimum Gasteiger partial charge on any atom is -0.493 e. The molecule has 1 N–H and O–H groups in total. The molecule has 0 bridgehead atoms. The Bertz CT molecular complexity index is 1110. The summed E-state index contributed by atoms with van der Waals surface area (Å²) in [6, 6.07) is 11.8. The van der Waals surface area contributed by atoms with Gasteiger partial charge in [0.1, 0.15) is 5.75 Å². The summed E-state index contributed by atoms with van der Waals surface area (Å²) in [5, 5.41) is 4.71. The van der Waals surface area contributed by atoms with Crippen LogP contribution in [0.4, 0.5) is 5.13 Å². The standard InChI is InChI=1S/C22H20N2O7S/c1-28-18-8-7-14(9-19(18)29-2)16-13-32-22(23-16)24-20(26)11-31-21(27)12-30-17-6-4-3-5-15(17)10-25/h3-10,13H,11-12H2,1-2H3,(H,23,24,26). The van der Waals surface area contributed by atoms with Crippen LogP contribution in [-0.2, 0) is 14.3 Å². The Kier molecular flexibility index (Phi) is 7.76. The first-order chi connectivity index (χ1) is 15.5. The van der Waals surface area contributed by atoms with Gasteiger partial charge < -0.3 is 18.9 Å². The molecule has 0 radical (unpaired) electrons. The highest BCUT2D eigenvalue weighted by Gasteiger charge is 2.13. The van der Waals surface area contributed by atoms with E-state index in [1.807, 2.05) is 6.07 Å². The highest BCUT2D eigenvalue weighted by Crippen LogP contribution is 2.33. The Morgan fingerprint density at radius 3 is 2.56 bits per heavy atom. The van der Waals surface area contributed by atoms with E-state index in [1.165, 1.54) is 11.3 Å². The fraction of sp³-hybridized carbons (Fsp3) is 0.182. The molecule has 1 amide bonds. The molecule has 0 fully saturated rings. The molecule has 9 nitrogen and oxygen atoms in total. The van der Waals surface area contributed by atoms with Gasteiger partial charge in [0.05, 0.1) is 25.5 Å². The molecule has 2 aromatic carbocycles. The summed E-state index contributed by atoms with van der Waals surface area (Å²) in [7, 11) is 3.10. The second-order valence-corrected chi connectivity index (χ2v) is 7.12. The fourth-order valence-corrected chi connectivity index (χ4v) is 3.38. The van der Waals surface area contributed by atoms with Crippen molar-refractivity contribution in [2.24, 2.45) is 0 Å². The third-order valence-electron chi connectivity index (χ3n) is 4.19. The van der Waals surface area contributed by atoms with Gasteiger partial charge >= 0.3 is 5.97 Å². The molecule has 0 aliphatic carbocycles. The third kappa shape index (κ3) is 5.82. The summed E-state index contributed by atoms with van der Waals surface area (Å²) in [4.78, 5) is 39.2. The van der Waals surface area contributed by atoms with Crippen molar-refractivity contribution in [3.05, 3.63) is 53.4 Å². The van der Waals surface area contributed by atoms with E-state index in [4.69, 9.17) is 18.9 Å². The van der Waals surface area contributed by atoms with Crippen LogP contribution < -0.4 is 19.5 Å². The van der Waals surface area contributed by atoms with Crippen LogP contribution in [0.2, 0.25) is 0 Å². The number of carbonyl (C=O) groups excluding carboxylic acids is 3. The van der Waals surface area contributed by atoms with Crippen molar-refractivity contribution in [3.8, 4) is 28.5 Å². The van der Waals surface area contributed by atoms with Crippen LogP contribution in [0.1, 0.15) is 10.4 Å². The van der Waals surface area contributed by atoms with E-state index in [0.717, 1.165) is 5.56 Å². The zero-order chi connectivity index (χ0) is 22.9. The molecule has 0 saturated heterocycles. The molecule has 1 heterocycles. The monoisotopic (exact) mass is 456 g/mol. The number of carbonyl (C=O) groups is 3. The summed E-state index contributed by atoms with van der Waals surface area (Å²) in [5.41, 5.74) is 1.75. The van der Waals surface area contributed by atoms with Crippen molar-refractivity contribution in [2.75, 3.05) is 32.8 Å². The summed E-state index contributed by atoms with van der Waals surface area (Å²) >= 11 is 1.23. The number of thiazole rings is 1. The van der Waals surface area contributed by atoms with Gasteiger partial charge in [-0.15, -0.1) is 11.3 Å². The van der Waals surface area contributed by atoms with Crippen molar-refractivity contribution in [1.82, 2.24) is 4.98 Å². The first-order valence-corrected chi connectivity index (χ1v) is 10.2. The smallest absolute Gasteiger partial charge is 0.344 e. The lowest BCUT2D eigenvalue weighted by atomic mass is 10.1. The van der Waals surface area contributed by atoms with Crippen molar-refractivity contribution in [2.45, 2.75) is 0 Å². The van der Waals surface area contributed by atoms with Gasteiger partial charge in [-0.25, -0.2) is 9.78 Å².